The van der Waals surface area contributed by atoms with Gasteiger partial charge in [-0.1, -0.05) is 20.8 Å². The maximum atomic E-state index is 5.76. The van der Waals surface area contributed by atoms with Crippen LogP contribution in [0.2, 0.25) is 0 Å². The van der Waals surface area contributed by atoms with Crippen LogP contribution >= 0.6 is 0 Å². The lowest BCUT2D eigenvalue weighted by Crippen LogP contribution is -2.38. The van der Waals surface area contributed by atoms with Crippen molar-refractivity contribution in [1.29, 1.82) is 0 Å². The topological polar surface area (TPSA) is 21.3 Å². The third-order valence-corrected chi connectivity index (χ3v) is 3.77. The second kappa shape index (κ2) is 7.29. The summed E-state index contributed by atoms with van der Waals surface area (Å²) in [4.78, 5) is 0. The van der Waals surface area contributed by atoms with Crippen LogP contribution in [0.15, 0.2) is 0 Å². The molecule has 0 aromatic carbocycles. The van der Waals surface area contributed by atoms with E-state index in [0.717, 1.165) is 25.0 Å². The van der Waals surface area contributed by atoms with E-state index in [1.54, 1.807) is 0 Å². The highest BCUT2D eigenvalue weighted by atomic mass is 16.5. The van der Waals surface area contributed by atoms with Crippen LogP contribution in [0.25, 0.3) is 0 Å². The summed E-state index contributed by atoms with van der Waals surface area (Å²) in [5.41, 5.74) is 0. The first-order valence-corrected chi connectivity index (χ1v) is 7.00. The van der Waals surface area contributed by atoms with E-state index >= 15 is 0 Å². The molecule has 0 saturated carbocycles. The molecule has 0 spiro atoms. The smallest absolute Gasteiger partial charge is 0.0579 e. The first-order chi connectivity index (χ1) is 7.65. The lowest BCUT2D eigenvalue weighted by atomic mass is 9.84. The fourth-order valence-electron chi connectivity index (χ4n) is 2.71. The van der Waals surface area contributed by atoms with Gasteiger partial charge >= 0.3 is 0 Å². The van der Waals surface area contributed by atoms with Crippen LogP contribution < -0.4 is 5.32 Å². The minimum Gasteiger partial charge on any atom is -0.378 e. The lowest BCUT2D eigenvalue weighted by molar-refractivity contribution is 0.0743. The van der Waals surface area contributed by atoms with Gasteiger partial charge in [0.1, 0.15) is 0 Å². The summed E-state index contributed by atoms with van der Waals surface area (Å²) in [5.74, 6) is 1.48. The number of ether oxygens (including phenoxy) is 1. The number of hydrogen-bond donors (Lipinski definition) is 1. The fourth-order valence-corrected chi connectivity index (χ4v) is 2.71. The highest BCUT2D eigenvalue weighted by Crippen LogP contribution is 2.27. The van der Waals surface area contributed by atoms with Crippen molar-refractivity contribution in [2.45, 2.75) is 65.5 Å². The number of rotatable bonds is 7. The van der Waals surface area contributed by atoms with Crippen molar-refractivity contribution in [2.24, 2.45) is 11.8 Å². The minimum atomic E-state index is 0.526. The highest BCUT2D eigenvalue weighted by molar-refractivity contribution is 4.79. The van der Waals surface area contributed by atoms with Gasteiger partial charge in [0.15, 0.2) is 0 Å². The zero-order valence-corrected chi connectivity index (χ0v) is 11.5. The van der Waals surface area contributed by atoms with E-state index < -0.39 is 0 Å². The van der Waals surface area contributed by atoms with Gasteiger partial charge in [0.05, 0.1) is 6.10 Å². The molecule has 0 radical (unpaired) electrons. The van der Waals surface area contributed by atoms with E-state index in [4.69, 9.17) is 4.74 Å². The molecule has 1 saturated heterocycles. The van der Waals surface area contributed by atoms with E-state index in [0.29, 0.717) is 12.1 Å². The molecule has 96 valence electrons. The zero-order valence-electron chi connectivity index (χ0n) is 11.5. The molecule has 3 atom stereocenters. The van der Waals surface area contributed by atoms with Crippen molar-refractivity contribution in [3.8, 4) is 0 Å². The van der Waals surface area contributed by atoms with Gasteiger partial charge in [-0.3, -0.25) is 0 Å². The highest BCUT2D eigenvalue weighted by Gasteiger charge is 2.26. The molecular formula is C14H29NO. The van der Waals surface area contributed by atoms with Gasteiger partial charge in [-0.15, -0.1) is 0 Å². The summed E-state index contributed by atoms with van der Waals surface area (Å²) in [6.45, 7) is 11.3. The molecule has 2 heteroatoms. The lowest BCUT2D eigenvalue weighted by Gasteiger charge is -2.30. The van der Waals surface area contributed by atoms with Gasteiger partial charge in [0, 0.05) is 12.6 Å². The van der Waals surface area contributed by atoms with Crippen LogP contribution in [0.1, 0.15) is 53.4 Å². The van der Waals surface area contributed by atoms with Crippen molar-refractivity contribution in [3.05, 3.63) is 0 Å². The summed E-state index contributed by atoms with van der Waals surface area (Å²) in [7, 11) is 0. The molecule has 1 N–H and O–H groups in total. The van der Waals surface area contributed by atoms with Crippen LogP contribution in [-0.2, 0) is 4.74 Å². The SMILES string of the molecule is CCCNC(C)C(CC1CCCO1)C(C)C. The van der Waals surface area contributed by atoms with Gasteiger partial charge < -0.3 is 10.1 Å². The number of hydrogen-bond acceptors (Lipinski definition) is 2. The van der Waals surface area contributed by atoms with Crippen molar-refractivity contribution < 1.29 is 4.74 Å². The van der Waals surface area contributed by atoms with E-state index in [-0.39, 0.29) is 0 Å². The van der Waals surface area contributed by atoms with Crippen LogP contribution in [-0.4, -0.2) is 25.3 Å². The molecule has 0 aromatic rings. The molecule has 0 aromatic heterocycles. The summed E-state index contributed by atoms with van der Waals surface area (Å²) in [6.07, 6.45) is 5.50. The molecule has 0 amide bonds. The summed E-state index contributed by atoms with van der Waals surface area (Å²) < 4.78 is 5.76. The third kappa shape index (κ3) is 4.42. The Hall–Kier alpha value is -0.0800. The van der Waals surface area contributed by atoms with E-state index in [1.807, 2.05) is 0 Å². The molecule has 1 rings (SSSR count). The monoisotopic (exact) mass is 227 g/mol. The van der Waals surface area contributed by atoms with Crippen LogP contribution in [0.4, 0.5) is 0 Å². The van der Waals surface area contributed by atoms with Crippen molar-refractivity contribution in [3.63, 3.8) is 0 Å². The minimum absolute atomic E-state index is 0.526. The van der Waals surface area contributed by atoms with E-state index in [1.165, 1.54) is 25.7 Å². The van der Waals surface area contributed by atoms with Crippen LogP contribution in [0.5, 0.6) is 0 Å². The Morgan fingerprint density at radius 2 is 2.06 bits per heavy atom. The normalized spacial score (nSPS) is 24.9. The molecule has 1 heterocycles. The van der Waals surface area contributed by atoms with Crippen molar-refractivity contribution >= 4 is 0 Å². The average Bonchev–Trinajstić information content (AvgIpc) is 2.74. The third-order valence-electron chi connectivity index (χ3n) is 3.77. The summed E-state index contributed by atoms with van der Waals surface area (Å²) in [6, 6.07) is 0.615. The van der Waals surface area contributed by atoms with Gasteiger partial charge in [0.25, 0.3) is 0 Å². The predicted octanol–water partition coefficient (Wildman–Crippen LogP) is 3.22. The zero-order chi connectivity index (χ0) is 12.0. The first kappa shape index (κ1) is 14.0. The Balaban J connectivity index is 2.38. The standard InChI is InChI=1S/C14H29NO/c1-5-8-15-12(4)14(11(2)3)10-13-7-6-9-16-13/h11-15H,5-10H2,1-4H3. The summed E-state index contributed by atoms with van der Waals surface area (Å²) in [5, 5.41) is 3.63. The first-order valence-electron chi connectivity index (χ1n) is 7.00. The second-order valence-corrected chi connectivity index (χ2v) is 5.52. The molecule has 1 aliphatic heterocycles. The summed E-state index contributed by atoms with van der Waals surface area (Å²) >= 11 is 0. The van der Waals surface area contributed by atoms with E-state index in [9.17, 15) is 0 Å². The maximum Gasteiger partial charge on any atom is 0.0579 e. The molecule has 1 fully saturated rings. The molecule has 2 nitrogen and oxygen atoms in total. The Labute approximate surface area is 101 Å². The Morgan fingerprint density at radius 1 is 1.31 bits per heavy atom. The van der Waals surface area contributed by atoms with Crippen LogP contribution in [0, 0.1) is 11.8 Å². The van der Waals surface area contributed by atoms with Crippen molar-refractivity contribution in [2.75, 3.05) is 13.2 Å². The van der Waals surface area contributed by atoms with Crippen LogP contribution in [0.3, 0.4) is 0 Å². The Kier molecular flexibility index (Phi) is 6.37. The number of nitrogens with one attached hydrogen (secondary N) is 1. The molecule has 1 aliphatic rings. The van der Waals surface area contributed by atoms with Gasteiger partial charge in [0.2, 0.25) is 0 Å². The Bertz CT molecular complexity index is 176. The molecule has 0 bridgehead atoms. The van der Waals surface area contributed by atoms with Gasteiger partial charge in [-0.25, -0.2) is 0 Å². The van der Waals surface area contributed by atoms with E-state index in [2.05, 4.69) is 33.0 Å². The maximum absolute atomic E-state index is 5.76. The predicted molar refractivity (Wildman–Crippen MR) is 69.7 cm³/mol. The van der Waals surface area contributed by atoms with Crippen molar-refractivity contribution in [1.82, 2.24) is 5.32 Å². The second-order valence-electron chi connectivity index (χ2n) is 5.52. The average molecular weight is 227 g/mol. The molecular weight excluding hydrogens is 198 g/mol. The van der Waals surface area contributed by atoms with Gasteiger partial charge in [-0.05, 0) is 51.0 Å². The fraction of sp³-hybridized carbons (Fsp3) is 1.00. The molecule has 16 heavy (non-hydrogen) atoms. The quantitative estimate of drug-likeness (QED) is 0.721. The van der Waals surface area contributed by atoms with Gasteiger partial charge in [-0.2, -0.15) is 0 Å². The Morgan fingerprint density at radius 3 is 2.56 bits per heavy atom. The molecule has 3 unspecified atom stereocenters. The largest absolute Gasteiger partial charge is 0.378 e. The molecule has 0 aliphatic carbocycles.